The summed E-state index contributed by atoms with van der Waals surface area (Å²) in [6.07, 6.45) is 0.831. The van der Waals surface area contributed by atoms with Crippen molar-refractivity contribution in [3.63, 3.8) is 0 Å². The number of aromatic nitrogens is 1. The number of nitrogens with zero attached hydrogens (tertiary/aromatic N) is 1. The van der Waals surface area contributed by atoms with Gasteiger partial charge in [0.1, 0.15) is 5.75 Å². The van der Waals surface area contributed by atoms with E-state index in [2.05, 4.69) is 9.88 Å². The molecule has 2 amide bonds. The van der Waals surface area contributed by atoms with E-state index in [-0.39, 0.29) is 5.97 Å². The van der Waals surface area contributed by atoms with Crippen molar-refractivity contribution in [1.29, 1.82) is 0 Å². The molecule has 156 valence electrons. The van der Waals surface area contributed by atoms with Gasteiger partial charge in [-0.1, -0.05) is 0 Å². The molecule has 3 N–H and O–H groups in total. The molecular formula is C23H25N3O4. The zero-order valence-electron chi connectivity index (χ0n) is 17.1. The van der Waals surface area contributed by atoms with Crippen LogP contribution in [-0.2, 0) is 16.0 Å². The lowest BCUT2D eigenvalue weighted by atomic mass is 10.1. The molecule has 0 aliphatic rings. The molecule has 0 radical (unpaired) electrons. The molecule has 7 nitrogen and oxygen atoms in total. The van der Waals surface area contributed by atoms with E-state index in [1.165, 1.54) is 0 Å². The van der Waals surface area contributed by atoms with Gasteiger partial charge in [0.25, 0.3) is 0 Å². The molecule has 1 aromatic heterocycles. The van der Waals surface area contributed by atoms with Crippen molar-refractivity contribution in [3.05, 3.63) is 66.4 Å². The number of benzene rings is 2. The van der Waals surface area contributed by atoms with E-state index in [4.69, 9.17) is 15.2 Å². The largest absolute Gasteiger partial charge is 0.497 e. The minimum Gasteiger partial charge on any atom is -0.497 e. The highest BCUT2D eigenvalue weighted by Crippen LogP contribution is 2.29. The van der Waals surface area contributed by atoms with Crippen LogP contribution in [0.1, 0.15) is 19.0 Å². The van der Waals surface area contributed by atoms with Gasteiger partial charge in [0.2, 0.25) is 0 Å². The highest BCUT2D eigenvalue weighted by molar-refractivity contribution is 5.87. The SMILES string of the molecule is CCOC(=O)CCc1ccc(-c2ccc(OC)cc2)n1-c1ccc(NC(N)=O)cc1. The number of amides is 2. The van der Waals surface area contributed by atoms with Crippen LogP contribution in [0.5, 0.6) is 5.75 Å². The number of methoxy groups -OCH3 is 1. The summed E-state index contributed by atoms with van der Waals surface area (Å²) in [6.45, 7) is 2.16. The van der Waals surface area contributed by atoms with Gasteiger partial charge >= 0.3 is 12.0 Å². The van der Waals surface area contributed by atoms with Gasteiger partial charge in [-0.3, -0.25) is 4.79 Å². The summed E-state index contributed by atoms with van der Waals surface area (Å²) in [7, 11) is 1.63. The molecule has 0 aliphatic carbocycles. The quantitative estimate of drug-likeness (QED) is 0.549. The van der Waals surface area contributed by atoms with Crippen molar-refractivity contribution in [2.75, 3.05) is 19.0 Å². The van der Waals surface area contributed by atoms with Crippen LogP contribution in [0, 0.1) is 0 Å². The number of primary amides is 1. The number of nitrogens with two attached hydrogens (primary N) is 1. The number of aryl methyl sites for hydroxylation is 1. The van der Waals surface area contributed by atoms with E-state index in [1.807, 2.05) is 48.5 Å². The summed E-state index contributed by atoms with van der Waals surface area (Å²) < 4.78 is 12.4. The number of carbonyl (C=O) groups excluding carboxylic acids is 2. The Balaban J connectivity index is 1.98. The van der Waals surface area contributed by atoms with Crippen LogP contribution in [0.3, 0.4) is 0 Å². The number of ether oxygens (including phenoxy) is 2. The normalized spacial score (nSPS) is 10.5. The number of urea groups is 1. The second-order valence-electron chi connectivity index (χ2n) is 6.61. The monoisotopic (exact) mass is 407 g/mol. The fourth-order valence-corrected chi connectivity index (χ4v) is 3.27. The minimum atomic E-state index is -0.613. The number of hydrogen-bond donors (Lipinski definition) is 2. The molecule has 0 fully saturated rings. The number of hydrogen-bond acceptors (Lipinski definition) is 4. The molecule has 0 atom stereocenters. The topological polar surface area (TPSA) is 95.6 Å². The molecule has 7 heteroatoms. The highest BCUT2D eigenvalue weighted by atomic mass is 16.5. The number of carbonyl (C=O) groups is 2. The number of rotatable bonds is 8. The molecule has 0 unspecified atom stereocenters. The lowest BCUT2D eigenvalue weighted by Gasteiger charge is -2.15. The first-order valence-corrected chi connectivity index (χ1v) is 9.69. The third kappa shape index (κ3) is 5.00. The predicted molar refractivity (Wildman–Crippen MR) is 116 cm³/mol. The van der Waals surface area contributed by atoms with Crippen LogP contribution in [-0.4, -0.2) is 30.3 Å². The van der Waals surface area contributed by atoms with Crippen LogP contribution in [0.4, 0.5) is 10.5 Å². The van der Waals surface area contributed by atoms with Crippen molar-refractivity contribution in [3.8, 4) is 22.7 Å². The molecule has 3 rings (SSSR count). The van der Waals surface area contributed by atoms with Gasteiger partial charge in [-0.2, -0.15) is 0 Å². The van der Waals surface area contributed by atoms with Crippen molar-refractivity contribution < 1.29 is 19.1 Å². The Bertz CT molecular complexity index is 1010. The maximum Gasteiger partial charge on any atom is 0.316 e. The Kier molecular flexibility index (Phi) is 6.75. The van der Waals surface area contributed by atoms with E-state index in [0.29, 0.717) is 25.1 Å². The summed E-state index contributed by atoms with van der Waals surface area (Å²) in [5.74, 6) is 0.554. The molecule has 2 aromatic carbocycles. The first kappa shape index (κ1) is 21.0. The minimum absolute atomic E-state index is 0.225. The summed E-state index contributed by atoms with van der Waals surface area (Å²) in [5.41, 5.74) is 9.67. The van der Waals surface area contributed by atoms with Gasteiger partial charge in [0.05, 0.1) is 25.8 Å². The Morgan fingerprint density at radius 2 is 1.70 bits per heavy atom. The zero-order valence-corrected chi connectivity index (χ0v) is 17.1. The molecule has 0 saturated carbocycles. The van der Waals surface area contributed by atoms with Gasteiger partial charge < -0.3 is 25.1 Å². The van der Waals surface area contributed by atoms with Crippen LogP contribution in [0.25, 0.3) is 16.9 Å². The lowest BCUT2D eigenvalue weighted by Crippen LogP contribution is -2.19. The maximum atomic E-state index is 11.9. The summed E-state index contributed by atoms with van der Waals surface area (Å²) in [6, 6.07) is 18.6. The molecule has 3 aromatic rings. The Morgan fingerprint density at radius 1 is 1.00 bits per heavy atom. The average molecular weight is 407 g/mol. The fourth-order valence-electron chi connectivity index (χ4n) is 3.27. The van der Waals surface area contributed by atoms with Crippen molar-refractivity contribution >= 4 is 17.7 Å². The van der Waals surface area contributed by atoms with Gasteiger partial charge in [-0.15, -0.1) is 0 Å². The van der Waals surface area contributed by atoms with Crippen molar-refractivity contribution in [2.24, 2.45) is 5.73 Å². The number of nitrogens with one attached hydrogen (secondary N) is 1. The van der Waals surface area contributed by atoms with E-state index >= 15 is 0 Å². The van der Waals surface area contributed by atoms with Crippen molar-refractivity contribution in [1.82, 2.24) is 4.57 Å². The fraction of sp³-hybridized carbons (Fsp3) is 0.217. The second kappa shape index (κ2) is 9.65. The van der Waals surface area contributed by atoms with Crippen LogP contribution >= 0.6 is 0 Å². The number of esters is 1. The smallest absolute Gasteiger partial charge is 0.316 e. The van der Waals surface area contributed by atoms with E-state index in [9.17, 15) is 9.59 Å². The Labute approximate surface area is 175 Å². The highest BCUT2D eigenvalue weighted by Gasteiger charge is 2.14. The van der Waals surface area contributed by atoms with Gasteiger partial charge in [-0.05, 0) is 79.6 Å². The zero-order chi connectivity index (χ0) is 21.5. The predicted octanol–water partition coefficient (Wildman–Crippen LogP) is 4.14. The first-order valence-electron chi connectivity index (χ1n) is 9.69. The number of anilines is 1. The lowest BCUT2D eigenvalue weighted by molar-refractivity contribution is -0.143. The molecule has 30 heavy (non-hydrogen) atoms. The van der Waals surface area contributed by atoms with Gasteiger partial charge in [0.15, 0.2) is 0 Å². The first-order chi connectivity index (χ1) is 14.5. The van der Waals surface area contributed by atoms with E-state index in [0.717, 1.165) is 28.4 Å². The molecule has 0 bridgehead atoms. The maximum absolute atomic E-state index is 11.9. The summed E-state index contributed by atoms with van der Waals surface area (Å²) in [4.78, 5) is 22.9. The van der Waals surface area contributed by atoms with E-state index < -0.39 is 6.03 Å². The Hall–Kier alpha value is -3.74. The van der Waals surface area contributed by atoms with Crippen LogP contribution in [0.2, 0.25) is 0 Å². The standard InChI is InChI=1S/C23H25N3O4/c1-3-30-22(27)15-11-19-10-14-21(16-4-12-20(29-2)13-5-16)26(19)18-8-6-17(7-9-18)25-23(24)28/h4-10,12-14H,3,11,15H2,1-2H3,(H3,24,25,28). The van der Waals surface area contributed by atoms with Gasteiger partial charge in [0, 0.05) is 17.1 Å². The molecule has 0 saturated heterocycles. The average Bonchev–Trinajstić information content (AvgIpc) is 3.16. The van der Waals surface area contributed by atoms with Crippen LogP contribution < -0.4 is 15.8 Å². The summed E-state index contributed by atoms with van der Waals surface area (Å²) in [5, 5.41) is 2.56. The molecule has 0 aliphatic heterocycles. The third-order valence-electron chi connectivity index (χ3n) is 4.63. The van der Waals surface area contributed by atoms with E-state index in [1.54, 1.807) is 26.2 Å². The Morgan fingerprint density at radius 3 is 2.30 bits per heavy atom. The second-order valence-corrected chi connectivity index (χ2v) is 6.61. The van der Waals surface area contributed by atoms with Crippen LogP contribution in [0.15, 0.2) is 60.7 Å². The molecule has 0 spiro atoms. The van der Waals surface area contributed by atoms with Gasteiger partial charge in [-0.25, -0.2) is 4.79 Å². The van der Waals surface area contributed by atoms with Crippen molar-refractivity contribution in [2.45, 2.75) is 19.8 Å². The summed E-state index contributed by atoms with van der Waals surface area (Å²) >= 11 is 0. The molecule has 1 heterocycles. The third-order valence-corrected chi connectivity index (χ3v) is 4.63. The molecular weight excluding hydrogens is 382 g/mol.